The highest BCUT2D eigenvalue weighted by Gasteiger charge is 2.45. The Morgan fingerprint density at radius 3 is 2.34 bits per heavy atom. The van der Waals surface area contributed by atoms with Crippen LogP contribution < -0.4 is 5.32 Å². The Kier molecular flexibility index (Phi) is 7.38. The molecule has 0 bridgehead atoms. The molecular formula is C31H49N. The van der Waals surface area contributed by atoms with Crippen molar-refractivity contribution >= 4 is 0 Å². The fourth-order valence-corrected chi connectivity index (χ4v) is 6.61. The van der Waals surface area contributed by atoms with Crippen LogP contribution in [0.5, 0.6) is 0 Å². The number of nitrogens with one attached hydrogen (secondary N) is 1. The SMILES string of the molecule is C=C1CC2(CCC3=C2C=CC(CCC(C)(C)C)C3)NC(=C)/C1=C(/C)CC(CC)(CC)CC. The molecule has 0 aromatic heterocycles. The topological polar surface area (TPSA) is 12.0 Å². The monoisotopic (exact) mass is 435 g/mol. The zero-order valence-corrected chi connectivity index (χ0v) is 22.2. The normalized spacial score (nSPS) is 27.8. The predicted molar refractivity (Wildman–Crippen MR) is 142 cm³/mol. The summed E-state index contributed by atoms with van der Waals surface area (Å²) in [6, 6.07) is 0. The van der Waals surface area contributed by atoms with Gasteiger partial charge in [-0.2, -0.15) is 0 Å². The fourth-order valence-electron chi connectivity index (χ4n) is 6.61. The summed E-state index contributed by atoms with van der Waals surface area (Å²) < 4.78 is 0. The molecule has 1 saturated heterocycles. The summed E-state index contributed by atoms with van der Waals surface area (Å²) in [6.07, 6.45) is 17.1. The molecule has 3 rings (SSSR count). The molecule has 2 unspecified atom stereocenters. The molecule has 0 radical (unpaired) electrons. The largest absolute Gasteiger partial charge is 0.375 e. The van der Waals surface area contributed by atoms with Gasteiger partial charge in [0.15, 0.2) is 0 Å². The van der Waals surface area contributed by atoms with Crippen LogP contribution in [0.4, 0.5) is 0 Å². The number of hydrogen-bond donors (Lipinski definition) is 1. The second-order valence-electron chi connectivity index (χ2n) is 12.3. The average molecular weight is 436 g/mol. The highest BCUT2D eigenvalue weighted by molar-refractivity contribution is 5.56. The zero-order chi connectivity index (χ0) is 23.7. The van der Waals surface area contributed by atoms with E-state index in [9.17, 15) is 0 Å². The van der Waals surface area contributed by atoms with E-state index in [2.05, 4.69) is 79.1 Å². The molecule has 1 heterocycles. The summed E-state index contributed by atoms with van der Waals surface area (Å²) in [5.74, 6) is 0.709. The molecule has 2 atom stereocenters. The Labute approximate surface area is 199 Å². The van der Waals surface area contributed by atoms with E-state index >= 15 is 0 Å². The van der Waals surface area contributed by atoms with Crippen molar-refractivity contribution in [3.8, 4) is 0 Å². The van der Waals surface area contributed by atoms with Crippen molar-refractivity contribution in [2.75, 3.05) is 0 Å². The number of rotatable bonds is 7. The van der Waals surface area contributed by atoms with E-state index < -0.39 is 0 Å². The Morgan fingerprint density at radius 2 is 1.78 bits per heavy atom. The van der Waals surface area contributed by atoms with E-state index in [1.165, 1.54) is 68.1 Å². The van der Waals surface area contributed by atoms with Gasteiger partial charge in [0.25, 0.3) is 0 Å². The van der Waals surface area contributed by atoms with Crippen molar-refractivity contribution in [1.29, 1.82) is 0 Å². The lowest BCUT2D eigenvalue weighted by atomic mass is 9.71. The molecule has 1 spiro atoms. The van der Waals surface area contributed by atoms with Gasteiger partial charge in [-0.1, -0.05) is 97.3 Å². The highest BCUT2D eigenvalue weighted by Crippen LogP contribution is 2.50. The molecule has 1 fully saturated rings. The van der Waals surface area contributed by atoms with Crippen LogP contribution in [0.15, 0.2) is 58.9 Å². The molecule has 2 aliphatic carbocycles. The van der Waals surface area contributed by atoms with Crippen molar-refractivity contribution in [2.45, 2.75) is 118 Å². The molecule has 1 nitrogen and oxygen atoms in total. The number of hydrogen-bond acceptors (Lipinski definition) is 1. The van der Waals surface area contributed by atoms with Gasteiger partial charge in [-0.25, -0.2) is 0 Å². The molecule has 32 heavy (non-hydrogen) atoms. The zero-order valence-electron chi connectivity index (χ0n) is 22.2. The fraction of sp³-hybridized carbons (Fsp3) is 0.677. The minimum absolute atomic E-state index is 0.0239. The maximum absolute atomic E-state index is 4.60. The first-order chi connectivity index (χ1) is 15.0. The second kappa shape index (κ2) is 9.40. The smallest absolute Gasteiger partial charge is 0.0668 e. The molecular weight excluding hydrogens is 386 g/mol. The standard InChI is InChI=1S/C31H49N/c1-10-30(11-2,12-3)20-22(4)28-23(5)21-31(32-24(28)6)18-16-26-19-25(13-14-27(26)31)15-17-29(7,8)9/h13-14,25,32H,5-6,10-12,15-21H2,1-4,7-9H3/b28-22-. The molecule has 3 aliphatic rings. The number of allylic oxidation sites excluding steroid dienone is 4. The highest BCUT2D eigenvalue weighted by atomic mass is 15.0. The third-order valence-corrected chi connectivity index (χ3v) is 8.94. The van der Waals surface area contributed by atoms with Gasteiger partial charge < -0.3 is 5.32 Å². The Balaban J connectivity index is 1.77. The van der Waals surface area contributed by atoms with Gasteiger partial charge in [0.05, 0.1) is 5.54 Å². The van der Waals surface area contributed by atoms with Crippen molar-refractivity contribution in [1.82, 2.24) is 5.32 Å². The predicted octanol–water partition coefficient (Wildman–Crippen LogP) is 9.20. The van der Waals surface area contributed by atoms with Crippen LogP contribution in [0.1, 0.15) is 113 Å². The molecule has 0 saturated carbocycles. The molecule has 0 aromatic carbocycles. The van der Waals surface area contributed by atoms with Gasteiger partial charge in [0, 0.05) is 5.70 Å². The van der Waals surface area contributed by atoms with E-state index in [-0.39, 0.29) is 5.54 Å². The first-order valence-electron chi connectivity index (χ1n) is 13.2. The maximum atomic E-state index is 4.60. The summed E-state index contributed by atoms with van der Waals surface area (Å²) in [5.41, 5.74) is 9.28. The van der Waals surface area contributed by atoms with Gasteiger partial charge >= 0.3 is 0 Å². The number of piperidine rings is 1. The van der Waals surface area contributed by atoms with E-state index in [0.29, 0.717) is 16.7 Å². The Hall–Kier alpha value is -1.50. The third-order valence-electron chi connectivity index (χ3n) is 8.94. The minimum Gasteiger partial charge on any atom is -0.375 e. The molecule has 1 heteroatoms. The van der Waals surface area contributed by atoms with Crippen LogP contribution in [-0.2, 0) is 0 Å². The van der Waals surface area contributed by atoms with Gasteiger partial charge in [-0.3, -0.25) is 0 Å². The molecule has 0 amide bonds. The summed E-state index contributed by atoms with van der Waals surface area (Å²) in [4.78, 5) is 0. The van der Waals surface area contributed by atoms with Crippen LogP contribution in [0.25, 0.3) is 0 Å². The molecule has 1 N–H and O–H groups in total. The minimum atomic E-state index is 0.0239. The summed E-state index contributed by atoms with van der Waals surface area (Å²) in [7, 11) is 0. The van der Waals surface area contributed by atoms with E-state index in [1.54, 1.807) is 11.1 Å². The van der Waals surface area contributed by atoms with Crippen molar-refractivity contribution in [3.63, 3.8) is 0 Å². The lowest BCUT2D eigenvalue weighted by Crippen LogP contribution is -2.48. The van der Waals surface area contributed by atoms with E-state index in [0.717, 1.165) is 18.5 Å². The van der Waals surface area contributed by atoms with Gasteiger partial charge in [-0.15, -0.1) is 0 Å². The second-order valence-corrected chi connectivity index (χ2v) is 12.3. The summed E-state index contributed by atoms with van der Waals surface area (Å²) >= 11 is 0. The van der Waals surface area contributed by atoms with E-state index in [1.807, 2.05) is 0 Å². The first-order valence-corrected chi connectivity index (χ1v) is 13.2. The molecule has 1 aliphatic heterocycles. The van der Waals surface area contributed by atoms with Gasteiger partial charge in [-0.05, 0) is 85.3 Å². The third kappa shape index (κ3) is 5.02. The quantitative estimate of drug-likeness (QED) is 0.420. The molecule has 0 aromatic rings. The van der Waals surface area contributed by atoms with Crippen LogP contribution in [0.3, 0.4) is 0 Å². The van der Waals surface area contributed by atoms with E-state index in [4.69, 9.17) is 0 Å². The summed E-state index contributed by atoms with van der Waals surface area (Å²) in [6.45, 7) is 25.6. The summed E-state index contributed by atoms with van der Waals surface area (Å²) in [5, 5.41) is 3.94. The van der Waals surface area contributed by atoms with Crippen LogP contribution in [0.2, 0.25) is 0 Å². The van der Waals surface area contributed by atoms with Crippen LogP contribution >= 0.6 is 0 Å². The lowest BCUT2D eigenvalue weighted by molar-refractivity contribution is 0.247. The van der Waals surface area contributed by atoms with Crippen molar-refractivity contribution in [3.05, 3.63) is 58.9 Å². The van der Waals surface area contributed by atoms with Crippen LogP contribution in [0, 0.1) is 16.7 Å². The van der Waals surface area contributed by atoms with Crippen molar-refractivity contribution in [2.24, 2.45) is 16.7 Å². The first kappa shape index (κ1) is 25.1. The van der Waals surface area contributed by atoms with Gasteiger partial charge in [0.1, 0.15) is 0 Å². The van der Waals surface area contributed by atoms with Gasteiger partial charge in [0.2, 0.25) is 0 Å². The average Bonchev–Trinajstić information content (AvgIpc) is 3.06. The Morgan fingerprint density at radius 1 is 1.12 bits per heavy atom. The lowest BCUT2D eigenvalue weighted by Gasteiger charge is -2.43. The molecule has 178 valence electrons. The maximum Gasteiger partial charge on any atom is 0.0668 e. The Bertz CT molecular complexity index is 806. The van der Waals surface area contributed by atoms with Crippen LogP contribution in [-0.4, -0.2) is 5.54 Å². The number of fused-ring (bicyclic) bond motifs is 1. The van der Waals surface area contributed by atoms with Crippen molar-refractivity contribution < 1.29 is 0 Å².